The second kappa shape index (κ2) is 19.8. The van der Waals surface area contributed by atoms with E-state index in [0.29, 0.717) is 31.7 Å². The first-order valence-electron chi connectivity index (χ1n) is 15.7. The molecule has 1 aliphatic heterocycles. The summed E-state index contributed by atoms with van der Waals surface area (Å²) in [6.45, 7) is 6.36. The maximum atomic E-state index is 13.6. The lowest BCUT2D eigenvalue weighted by atomic mass is 10.00. The number of methoxy groups -OCH3 is 2. The summed E-state index contributed by atoms with van der Waals surface area (Å²) in [4.78, 5) is 77.2. The SMILES string of the molecule is CCCCC(C(=O)N[C@H](C(=O)N[C@@H](CCCNC(N)=O)C(=O)Nc1ccc(C=C(COC)COC)cc1)C(C)C)N1C(=O)C=CC1=O. The third-order valence-corrected chi connectivity index (χ3v) is 7.35. The highest BCUT2D eigenvalue weighted by Gasteiger charge is 2.38. The summed E-state index contributed by atoms with van der Waals surface area (Å²) in [5.74, 6) is -3.35. The molecular weight excluding hydrogens is 608 g/mol. The highest BCUT2D eigenvalue weighted by Crippen LogP contribution is 2.17. The molecule has 2 rings (SSSR count). The number of nitrogens with zero attached hydrogens (tertiary/aromatic N) is 1. The zero-order valence-corrected chi connectivity index (χ0v) is 27.8. The molecule has 14 heteroatoms. The van der Waals surface area contributed by atoms with Gasteiger partial charge in [0.25, 0.3) is 11.8 Å². The molecule has 3 atom stereocenters. The molecule has 0 saturated heterocycles. The van der Waals surface area contributed by atoms with Gasteiger partial charge in [0.15, 0.2) is 0 Å². The quantitative estimate of drug-likeness (QED) is 0.103. The Balaban J connectivity index is 2.21. The molecule has 0 saturated carbocycles. The Hall–Kier alpha value is -4.56. The minimum atomic E-state index is -1.09. The van der Waals surface area contributed by atoms with Crippen molar-refractivity contribution in [1.29, 1.82) is 0 Å². The molecule has 0 bridgehead atoms. The molecule has 0 fully saturated rings. The molecular formula is C33H48N6O8. The highest BCUT2D eigenvalue weighted by atomic mass is 16.5. The van der Waals surface area contributed by atoms with Gasteiger partial charge in [-0.3, -0.25) is 28.9 Å². The van der Waals surface area contributed by atoms with Crippen molar-refractivity contribution in [3.8, 4) is 0 Å². The van der Waals surface area contributed by atoms with E-state index in [1.165, 1.54) is 0 Å². The van der Waals surface area contributed by atoms with E-state index in [1.807, 2.05) is 25.1 Å². The number of hydrogen-bond donors (Lipinski definition) is 5. The Bertz CT molecular complexity index is 1280. The van der Waals surface area contributed by atoms with Crippen LogP contribution < -0.4 is 27.0 Å². The zero-order valence-electron chi connectivity index (χ0n) is 27.8. The van der Waals surface area contributed by atoms with E-state index in [0.717, 1.165) is 34.6 Å². The fourth-order valence-corrected chi connectivity index (χ4v) is 4.95. The van der Waals surface area contributed by atoms with Crippen LogP contribution in [0.3, 0.4) is 0 Å². The van der Waals surface area contributed by atoms with Crippen LogP contribution in [0.25, 0.3) is 6.08 Å². The Kier molecular flexibility index (Phi) is 16.3. The first-order chi connectivity index (χ1) is 22.4. The third-order valence-electron chi connectivity index (χ3n) is 7.35. The normalized spacial score (nSPS) is 14.4. The third kappa shape index (κ3) is 12.6. The molecule has 6 N–H and O–H groups in total. The van der Waals surface area contributed by atoms with Gasteiger partial charge >= 0.3 is 6.03 Å². The summed E-state index contributed by atoms with van der Waals surface area (Å²) in [7, 11) is 3.19. The predicted octanol–water partition coefficient (Wildman–Crippen LogP) is 1.86. The van der Waals surface area contributed by atoms with Crippen LogP contribution in [0, 0.1) is 5.92 Å². The van der Waals surface area contributed by atoms with Crippen molar-refractivity contribution >= 4 is 47.3 Å². The molecule has 1 aromatic carbocycles. The molecule has 1 aromatic rings. The molecule has 0 spiro atoms. The summed E-state index contributed by atoms with van der Waals surface area (Å²) in [5.41, 5.74) is 7.45. The van der Waals surface area contributed by atoms with Crippen molar-refractivity contribution in [2.75, 3.05) is 39.3 Å². The Morgan fingerprint density at radius 1 is 0.872 bits per heavy atom. The molecule has 47 heavy (non-hydrogen) atoms. The van der Waals surface area contributed by atoms with Gasteiger partial charge < -0.3 is 36.5 Å². The van der Waals surface area contributed by atoms with E-state index < -0.39 is 59.6 Å². The average molecular weight is 657 g/mol. The van der Waals surface area contributed by atoms with Crippen molar-refractivity contribution in [2.24, 2.45) is 11.7 Å². The maximum absolute atomic E-state index is 13.6. The average Bonchev–Trinajstić information content (AvgIpc) is 3.35. The number of unbranched alkanes of at least 4 members (excludes halogenated alkanes) is 1. The van der Waals surface area contributed by atoms with Crippen molar-refractivity contribution in [1.82, 2.24) is 20.9 Å². The summed E-state index contributed by atoms with van der Waals surface area (Å²) < 4.78 is 10.4. The number of amides is 7. The second-order valence-corrected chi connectivity index (χ2v) is 11.5. The lowest BCUT2D eigenvalue weighted by Gasteiger charge is -2.29. The molecule has 0 aliphatic carbocycles. The number of urea groups is 1. The van der Waals surface area contributed by atoms with Gasteiger partial charge in [-0.2, -0.15) is 0 Å². The van der Waals surface area contributed by atoms with Crippen LogP contribution in [0.4, 0.5) is 10.5 Å². The highest BCUT2D eigenvalue weighted by molar-refractivity contribution is 6.15. The first-order valence-corrected chi connectivity index (χ1v) is 15.7. The molecule has 0 aromatic heterocycles. The van der Waals surface area contributed by atoms with Crippen LogP contribution in [-0.2, 0) is 33.4 Å². The Morgan fingerprint density at radius 3 is 2.02 bits per heavy atom. The van der Waals surface area contributed by atoms with E-state index in [2.05, 4.69) is 21.3 Å². The number of hydrogen-bond acceptors (Lipinski definition) is 8. The topological polar surface area (TPSA) is 198 Å². The largest absolute Gasteiger partial charge is 0.380 e. The lowest BCUT2D eigenvalue weighted by Crippen LogP contribution is -2.58. The molecule has 1 aliphatic rings. The number of nitrogens with one attached hydrogen (secondary N) is 4. The molecule has 14 nitrogen and oxygen atoms in total. The summed E-state index contributed by atoms with van der Waals surface area (Å²) >= 11 is 0. The van der Waals surface area contributed by atoms with E-state index in [1.54, 1.807) is 40.2 Å². The van der Waals surface area contributed by atoms with Gasteiger partial charge in [0.05, 0.1) is 13.2 Å². The second-order valence-electron chi connectivity index (χ2n) is 11.5. The molecule has 1 unspecified atom stereocenters. The fourth-order valence-electron chi connectivity index (χ4n) is 4.95. The number of primary amides is 1. The van der Waals surface area contributed by atoms with Crippen LogP contribution >= 0.6 is 0 Å². The standard InChI is InChI=1S/C33H48N6O8/c1-6-7-10-26(39-27(40)15-16-28(39)41)31(43)38-29(21(2)3)32(44)37-25(9-8-17-35-33(34)45)30(42)36-24-13-11-22(12-14-24)18-23(19-46-4)20-47-5/h11-16,18,21,25-26,29H,6-10,17,19-20H2,1-5H3,(H,36,42)(H,37,44)(H,38,43)(H3,34,35,45)/t25-,26?,29-/m0/s1. The Morgan fingerprint density at radius 2 is 1.49 bits per heavy atom. The molecule has 258 valence electrons. The number of nitrogens with two attached hydrogens (primary N) is 1. The van der Waals surface area contributed by atoms with Crippen molar-refractivity contribution < 1.29 is 38.2 Å². The maximum Gasteiger partial charge on any atom is 0.312 e. The van der Waals surface area contributed by atoms with Crippen LogP contribution in [-0.4, -0.2) is 92.6 Å². The van der Waals surface area contributed by atoms with Crippen molar-refractivity contribution in [3.63, 3.8) is 0 Å². The fraction of sp³-hybridized carbons (Fsp3) is 0.515. The van der Waals surface area contributed by atoms with Gasteiger partial charge in [0.1, 0.15) is 18.1 Å². The lowest BCUT2D eigenvalue weighted by molar-refractivity contribution is -0.146. The van der Waals surface area contributed by atoms with Gasteiger partial charge in [0.2, 0.25) is 17.7 Å². The van der Waals surface area contributed by atoms with Gasteiger partial charge in [-0.25, -0.2) is 4.79 Å². The van der Waals surface area contributed by atoms with Crippen molar-refractivity contribution in [2.45, 2.75) is 71.0 Å². The van der Waals surface area contributed by atoms with Crippen LogP contribution in [0.2, 0.25) is 0 Å². The van der Waals surface area contributed by atoms with Crippen LogP contribution in [0.15, 0.2) is 42.0 Å². The molecule has 7 amide bonds. The molecule has 1 heterocycles. The van der Waals surface area contributed by atoms with Gasteiger partial charge in [-0.05, 0) is 48.4 Å². The summed E-state index contributed by atoms with van der Waals surface area (Å²) in [6.07, 6.45) is 6.16. The van der Waals surface area contributed by atoms with Gasteiger partial charge in [0, 0.05) is 38.6 Å². The number of carbonyl (C=O) groups is 6. The van der Waals surface area contributed by atoms with E-state index in [4.69, 9.17) is 15.2 Å². The number of anilines is 1. The minimum absolute atomic E-state index is 0.149. The predicted molar refractivity (Wildman–Crippen MR) is 177 cm³/mol. The molecule has 0 radical (unpaired) electrons. The number of ether oxygens (including phenoxy) is 2. The van der Waals surface area contributed by atoms with Gasteiger partial charge in [-0.1, -0.05) is 51.8 Å². The van der Waals surface area contributed by atoms with Crippen LogP contribution in [0.1, 0.15) is 58.4 Å². The van der Waals surface area contributed by atoms with E-state index in [-0.39, 0.29) is 19.4 Å². The van der Waals surface area contributed by atoms with Gasteiger partial charge in [-0.15, -0.1) is 0 Å². The number of carbonyl (C=O) groups excluding carboxylic acids is 6. The number of imide groups is 1. The van der Waals surface area contributed by atoms with E-state index >= 15 is 0 Å². The van der Waals surface area contributed by atoms with E-state index in [9.17, 15) is 28.8 Å². The van der Waals surface area contributed by atoms with Crippen LogP contribution in [0.5, 0.6) is 0 Å². The summed E-state index contributed by atoms with van der Waals surface area (Å²) in [5, 5.41) is 10.7. The number of benzene rings is 1. The zero-order chi connectivity index (χ0) is 34.9. The monoisotopic (exact) mass is 656 g/mol. The number of rotatable bonds is 20. The smallest absolute Gasteiger partial charge is 0.312 e. The summed E-state index contributed by atoms with van der Waals surface area (Å²) in [6, 6.07) is 3.16. The van der Waals surface area contributed by atoms with Crippen molar-refractivity contribution in [3.05, 3.63) is 47.6 Å². The minimum Gasteiger partial charge on any atom is -0.380 e. The Labute approximate surface area is 275 Å². The first kappa shape index (κ1) is 38.6.